The summed E-state index contributed by atoms with van der Waals surface area (Å²) < 4.78 is 24.6. The number of nitrogens with zero attached hydrogens (tertiary/aromatic N) is 1. The number of hydrogen-bond acceptors (Lipinski definition) is 3. The fraction of sp³-hybridized carbons (Fsp3) is 0.0833. The Labute approximate surface area is 110 Å². The Morgan fingerprint density at radius 2 is 1.78 bits per heavy atom. The molecule has 2 aromatic rings. The van der Waals surface area contributed by atoms with Crippen LogP contribution in [0.2, 0.25) is 5.02 Å². The highest BCUT2D eigenvalue weighted by atomic mass is 35.5. The van der Waals surface area contributed by atoms with Crippen molar-refractivity contribution in [2.24, 2.45) is 0 Å². The molecule has 94 valence electrons. The summed E-state index contributed by atoms with van der Waals surface area (Å²) in [4.78, 5) is 0. The second-order valence-corrected chi connectivity index (χ2v) is 6.04. The second-order valence-electron chi connectivity index (χ2n) is 3.73. The molecule has 0 saturated carbocycles. The highest BCUT2D eigenvalue weighted by molar-refractivity contribution is 7.90. The highest BCUT2D eigenvalue weighted by Gasteiger charge is 2.27. The number of benzene rings is 1. The molecule has 4 nitrogen and oxygen atoms in total. The summed E-state index contributed by atoms with van der Waals surface area (Å²) in [6, 6.07) is 11.4. The third-order valence-electron chi connectivity index (χ3n) is 2.36. The van der Waals surface area contributed by atoms with Crippen LogP contribution in [0.4, 0.5) is 0 Å². The molecule has 0 aliphatic heterocycles. The quantitative estimate of drug-likeness (QED) is 0.639. The fourth-order valence-electron chi connectivity index (χ4n) is 1.60. The zero-order valence-electron chi connectivity index (χ0n) is 9.28. The minimum absolute atomic E-state index is 0.0663. The number of rotatable bonds is 3. The lowest BCUT2D eigenvalue weighted by Gasteiger charge is -2.06. The van der Waals surface area contributed by atoms with Gasteiger partial charge in [-0.2, -0.15) is 4.73 Å². The lowest BCUT2D eigenvalue weighted by Crippen LogP contribution is -2.34. The maximum Gasteiger partial charge on any atom is 0.327 e. The van der Waals surface area contributed by atoms with E-state index >= 15 is 0 Å². The largest absolute Gasteiger partial charge is 0.618 e. The van der Waals surface area contributed by atoms with Crippen molar-refractivity contribution in [1.82, 2.24) is 0 Å². The van der Waals surface area contributed by atoms with Crippen molar-refractivity contribution < 1.29 is 13.1 Å². The van der Waals surface area contributed by atoms with Crippen molar-refractivity contribution >= 4 is 21.4 Å². The minimum Gasteiger partial charge on any atom is -0.618 e. The Bertz CT molecular complexity index is 636. The molecule has 1 aromatic heterocycles. The van der Waals surface area contributed by atoms with Gasteiger partial charge in [0.15, 0.2) is 6.20 Å². The van der Waals surface area contributed by atoms with Crippen molar-refractivity contribution in [3.05, 3.63) is 64.5 Å². The van der Waals surface area contributed by atoms with Gasteiger partial charge in [-0.05, 0) is 11.6 Å². The molecular formula is C12H10ClNO3S. The van der Waals surface area contributed by atoms with Crippen LogP contribution in [0.3, 0.4) is 0 Å². The van der Waals surface area contributed by atoms with Crippen LogP contribution in [0, 0.1) is 5.21 Å². The third kappa shape index (κ3) is 2.63. The molecule has 0 aliphatic carbocycles. The molecule has 0 N–H and O–H groups in total. The molecule has 0 atom stereocenters. The molecule has 0 bridgehead atoms. The molecule has 18 heavy (non-hydrogen) atoms. The number of aromatic nitrogens is 1. The average Bonchev–Trinajstić information content (AvgIpc) is 2.28. The van der Waals surface area contributed by atoms with E-state index in [-0.39, 0.29) is 15.5 Å². The van der Waals surface area contributed by atoms with Crippen molar-refractivity contribution in [3.8, 4) is 0 Å². The predicted molar refractivity (Wildman–Crippen MR) is 67.7 cm³/mol. The molecule has 0 radical (unpaired) electrons. The molecule has 0 aliphatic rings. The van der Waals surface area contributed by atoms with Gasteiger partial charge in [-0.1, -0.05) is 41.9 Å². The summed E-state index contributed by atoms with van der Waals surface area (Å²) in [5.41, 5.74) is 0.609. The van der Waals surface area contributed by atoms with Gasteiger partial charge in [-0.15, -0.1) is 0 Å². The summed E-state index contributed by atoms with van der Waals surface area (Å²) in [6.07, 6.45) is 1.11. The maximum absolute atomic E-state index is 12.1. The molecule has 0 saturated heterocycles. The van der Waals surface area contributed by atoms with Gasteiger partial charge in [0.25, 0.3) is 0 Å². The highest BCUT2D eigenvalue weighted by Crippen LogP contribution is 2.20. The first-order valence-corrected chi connectivity index (χ1v) is 7.18. The van der Waals surface area contributed by atoms with Gasteiger partial charge in [-0.25, -0.2) is 8.42 Å². The standard InChI is InChI=1S/C12H10ClNO3S/c13-11-7-4-8-14(15)12(11)18(16,17)9-10-5-2-1-3-6-10/h1-8H,9H2. The van der Waals surface area contributed by atoms with Crippen molar-refractivity contribution in [2.45, 2.75) is 10.8 Å². The first-order valence-electron chi connectivity index (χ1n) is 5.15. The van der Waals surface area contributed by atoms with E-state index in [9.17, 15) is 13.6 Å². The van der Waals surface area contributed by atoms with Gasteiger partial charge in [0, 0.05) is 6.07 Å². The summed E-state index contributed by atoms with van der Waals surface area (Å²) in [7, 11) is -3.76. The average molecular weight is 284 g/mol. The van der Waals surface area contributed by atoms with Crippen LogP contribution in [0.1, 0.15) is 5.56 Å². The smallest absolute Gasteiger partial charge is 0.327 e. The van der Waals surface area contributed by atoms with Crippen LogP contribution < -0.4 is 4.73 Å². The summed E-state index contributed by atoms with van der Waals surface area (Å²) in [5.74, 6) is -0.250. The van der Waals surface area contributed by atoms with Crippen molar-refractivity contribution in [3.63, 3.8) is 0 Å². The number of pyridine rings is 1. The first-order chi connectivity index (χ1) is 8.50. The van der Waals surface area contributed by atoms with Crippen molar-refractivity contribution in [2.75, 3.05) is 0 Å². The van der Waals surface area contributed by atoms with E-state index in [1.54, 1.807) is 30.3 Å². The van der Waals surface area contributed by atoms with E-state index in [1.807, 2.05) is 0 Å². The molecule has 2 rings (SSSR count). The van der Waals surface area contributed by atoms with E-state index in [1.165, 1.54) is 12.1 Å². The van der Waals surface area contributed by atoms with Gasteiger partial charge in [0.05, 0.1) is 5.75 Å². The van der Waals surface area contributed by atoms with Crippen LogP contribution in [0.15, 0.2) is 53.7 Å². The summed E-state index contributed by atoms with van der Waals surface area (Å²) >= 11 is 5.78. The molecule has 6 heteroatoms. The topological polar surface area (TPSA) is 61.1 Å². The van der Waals surface area contributed by atoms with Gasteiger partial charge in [0.2, 0.25) is 9.84 Å². The Balaban J connectivity index is 2.44. The second kappa shape index (κ2) is 4.96. The molecule has 1 heterocycles. The monoisotopic (exact) mass is 283 g/mol. The Morgan fingerprint density at radius 1 is 1.11 bits per heavy atom. The van der Waals surface area contributed by atoms with E-state index in [0.717, 1.165) is 6.20 Å². The molecule has 0 amide bonds. The first kappa shape index (κ1) is 12.9. The molecule has 0 unspecified atom stereocenters. The SMILES string of the molecule is O=S(=O)(Cc1ccccc1)c1c(Cl)ccc[n+]1[O-]. The van der Waals surface area contributed by atoms with Crippen LogP contribution in [0.5, 0.6) is 0 Å². The van der Waals surface area contributed by atoms with Crippen LogP contribution in [-0.2, 0) is 15.6 Å². The van der Waals surface area contributed by atoms with Gasteiger partial charge in [0.1, 0.15) is 5.02 Å². The lowest BCUT2D eigenvalue weighted by atomic mass is 10.2. The number of hydrogen-bond donors (Lipinski definition) is 0. The van der Waals surface area contributed by atoms with Crippen LogP contribution in [-0.4, -0.2) is 8.42 Å². The number of sulfone groups is 1. The van der Waals surface area contributed by atoms with Crippen molar-refractivity contribution in [1.29, 1.82) is 0 Å². The van der Waals surface area contributed by atoms with E-state index in [0.29, 0.717) is 5.56 Å². The summed E-state index contributed by atoms with van der Waals surface area (Å²) in [6.45, 7) is 0. The van der Waals surface area contributed by atoms with Crippen LogP contribution in [0.25, 0.3) is 0 Å². The van der Waals surface area contributed by atoms with Gasteiger partial charge >= 0.3 is 5.03 Å². The maximum atomic E-state index is 12.1. The van der Waals surface area contributed by atoms with E-state index < -0.39 is 14.9 Å². The Kier molecular flexibility index (Phi) is 3.54. The Morgan fingerprint density at radius 3 is 2.39 bits per heavy atom. The fourth-order valence-corrected chi connectivity index (χ4v) is 3.57. The molecule has 0 spiro atoms. The zero-order chi connectivity index (χ0) is 13.2. The molecular weight excluding hydrogens is 274 g/mol. The normalized spacial score (nSPS) is 11.4. The van der Waals surface area contributed by atoms with E-state index in [4.69, 9.17) is 11.6 Å². The Hall–Kier alpha value is -1.59. The van der Waals surface area contributed by atoms with Gasteiger partial charge in [-0.3, -0.25) is 0 Å². The van der Waals surface area contributed by atoms with Crippen LogP contribution >= 0.6 is 11.6 Å². The molecule has 1 aromatic carbocycles. The van der Waals surface area contributed by atoms with Gasteiger partial charge < -0.3 is 5.21 Å². The minimum atomic E-state index is -3.76. The third-order valence-corrected chi connectivity index (χ3v) is 4.48. The number of halogens is 1. The zero-order valence-corrected chi connectivity index (χ0v) is 10.9. The lowest BCUT2D eigenvalue weighted by molar-refractivity contribution is -0.646. The molecule has 0 fully saturated rings. The van der Waals surface area contributed by atoms with E-state index in [2.05, 4.69) is 0 Å². The summed E-state index contributed by atoms with van der Waals surface area (Å²) in [5, 5.41) is 11.1. The predicted octanol–water partition coefficient (Wildman–Crippen LogP) is 1.95.